The summed E-state index contributed by atoms with van der Waals surface area (Å²) in [7, 11) is 5.14. The van der Waals surface area contributed by atoms with Gasteiger partial charge in [-0.05, 0) is 88.4 Å². The van der Waals surface area contributed by atoms with Crippen molar-refractivity contribution in [1.29, 1.82) is 0 Å². The molecule has 6 aromatic carbocycles. The summed E-state index contributed by atoms with van der Waals surface area (Å²) in [6, 6.07) is 27.0. The molecule has 2 heterocycles. The Morgan fingerprint density at radius 3 is 1.41 bits per heavy atom. The summed E-state index contributed by atoms with van der Waals surface area (Å²) in [5.41, 5.74) is 9.07. The third kappa shape index (κ3) is 30.6. The molecule has 128 heavy (non-hydrogen) atoms. The topological polar surface area (TPSA) is 509 Å². The van der Waals surface area contributed by atoms with Gasteiger partial charge < -0.3 is 98.8 Å². The first-order valence-electron chi connectivity index (χ1n) is 42.3. The van der Waals surface area contributed by atoms with Crippen molar-refractivity contribution < 1.29 is 92.0 Å². The molecule has 7 aromatic rings. The van der Waals surface area contributed by atoms with Crippen LogP contribution >= 0.6 is 11.8 Å². The maximum Gasteiger partial charge on any atom is 0.305 e. The second-order valence-electron chi connectivity index (χ2n) is 32.7. The Labute approximate surface area is 746 Å². The van der Waals surface area contributed by atoms with Gasteiger partial charge in [0.1, 0.15) is 78.0 Å². The summed E-state index contributed by atoms with van der Waals surface area (Å²) < 4.78 is 0. The average Bonchev–Trinajstić information content (AvgIpc) is 1.23. The van der Waals surface area contributed by atoms with Crippen molar-refractivity contribution in [2.45, 2.75) is 172 Å². The number of thioether (sulfide) groups is 1. The number of carbonyl (C=O) groups is 16. The normalized spacial score (nSPS) is 21.9. The van der Waals surface area contributed by atoms with Gasteiger partial charge in [0.05, 0.1) is 31.8 Å². The van der Waals surface area contributed by atoms with Gasteiger partial charge in [-0.15, -0.1) is 11.8 Å². The van der Waals surface area contributed by atoms with Gasteiger partial charge in [0.15, 0.2) is 0 Å². The lowest BCUT2D eigenvalue weighted by atomic mass is 9.98. The van der Waals surface area contributed by atoms with Gasteiger partial charge in [0.25, 0.3) is 0 Å². The number of aromatic nitrogens is 1. The minimum atomic E-state index is -1.91. The Balaban J connectivity index is 1.20. The molecule has 0 spiro atoms. The standard InChI is InChI=1S/C92H116N16O19S/c1-10-11-31-74-91(126)106(7)51-78(113)97-70(47-80(115)116)87(122)104-81(55(4)5)92(127)108(9)75(45-58-27-19-14-20-28-58)88(123)102-71(44-60-34-38-63(110)39-35-60)89(124)105(6)50-77(112)96-69(46-61-48-94-65-30-22-21-29-64(61)65)86(121)100-68(42-59-32-36-62(109)37-33-59)85(120)99-66(40-54(2)3)83(118)103-73(82(117)95-49-76(93)111)52-128-53-79(114)98-67(41-56-23-15-12-16-24-56)84(119)101-72(90(125)107(74)8)43-57-25-17-13-18-26-57/h12-30,32-39,48,54-55,66-75,81,94,109-110H,10-11,31,40-47,49-53H2,1-9H3,(H2,93,111)(H,95,117)(H,96,112)(H,97,113)(H,98,114)(H,99,120)(H,100,121)(H,101,119)(H,102,123)(H,103,118)(H,104,122)(H,115,116)/t66-,67-,68-,69-,70-,71-,72-,73-,74-,75-,81-/m0/s1. The van der Waals surface area contributed by atoms with Crippen LogP contribution in [0.25, 0.3) is 10.9 Å². The van der Waals surface area contributed by atoms with Crippen LogP contribution in [-0.4, -0.2) is 260 Å². The van der Waals surface area contributed by atoms with Crippen LogP contribution in [0.4, 0.5) is 0 Å². The number of hydrogen-bond donors (Lipinski definition) is 15. The number of rotatable bonds is 23. The van der Waals surface area contributed by atoms with Gasteiger partial charge in [0.2, 0.25) is 88.6 Å². The molecule has 1 aliphatic heterocycles. The van der Waals surface area contributed by atoms with Crippen LogP contribution in [0.2, 0.25) is 0 Å². The largest absolute Gasteiger partial charge is 0.508 e. The molecule has 0 saturated carbocycles. The number of phenols is 2. The number of primary amides is 1. The first-order valence-corrected chi connectivity index (χ1v) is 43.4. The maximum atomic E-state index is 15.4. The molecule has 0 unspecified atom stereocenters. The number of carboxylic acid groups (broad SMARTS) is 1. The first kappa shape index (κ1) is 99.8. The summed E-state index contributed by atoms with van der Waals surface area (Å²) in [6.07, 6.45) is 0.0465. The minimum absolute atomic E-state index is 0.0262. The van der Waals surface area contributed by atoms with E-state index in [-0.39, 0.29) is 74.5 Å². The number of benzene rings is 6. The van der Waals surface area contributed by atoms with E-state index in [1.807, 2.05) is 6.92 Å². The molecule has 1 aliphatic rings. The molecule has 11 atom stereocenters. The third-order valence-corrected chi connectivity index (χ3v) is 22.6. The minimum Gasteiger partial charge on any atom is -0.508 e. The van der Waals surface area contributed by atoms with E-state index in [2.05, 4.69) is 58.2 Å². The number of carbonyl (C=O) groups excluding carboxylic acids is 15. The number of aromatic amines is 1. The number of phenolic OH excluding ortho intramolecular Hbond substituents is 2. The Hall–Kier alpha value is -13.7. The number of unbranched alkanes of at least 4 members (excludes halogenated alkanes) is 1. The number of para-hydroxylation sites is 1. The number of amides is 15. The fraction of sp³-hybridized carbons (Fsp3) is 0.413. The Morgan fingerprint density at radius 1 is 0.461 bits per heavy atom. The summed E-state index contributed by atoms with van der Waals surface area (Å²) >= 11 is 0.821. The van der Waals surface area contributed by atoms with Crippen LogP contribution in [0.5, 0.6) is 11.5 Å². The Kier molecular flexibility index (Phi) is 38.0. The number of carboxylic acids is 1. The lowest BCUT2D eigenvalue weighted by Crippen LogP contribution is -2.61. The fourth-order valence-electron chi connectivity index (χ4n) is 14.7. The van der Waals surface area contributed by atoms with Crippen LogP contribution < -0.4 is 58.9 Å². The van der Waals surface area contributed by atoms with Crippen LogP contribution in [-0.2, 0) is 115 Å². The SMILES string of the molecule is CCCC[C@H]1C(=O)N(C)CC(=O)N[C@@H](CC(=O)O)C(=O)N[C@@H](C(C)C)C(=O)N(C)[C@@H](Cc2ccccc2)C(=O)N[C@@H](Cc2ccc(O)cc2)C(=O)N(C)CC(=O)N[C@@H](Cc2c[nH]c3ccccc23)C(=O)N[C@@H](Cc2ccc(O)cc2)C(=O)N[C@@H](CC(C)C)C(=O)N[C@H](C(=O)NCC(N)=O)CSCC(=O)N[C@@H](Cc2ccccc2)C(=O)N[C@@H](Cc2ccccc2)C(=O)N1C. The molecule has 0 aliphatic carbocycles. The van der Waals surface area contributed by atoms with Gasteiger partial charge >= 0.3 is 5.97 Å². The van der Waals surface area contributed by atoms with Gasteiger partial charge in [-0.25, -0.2) is 0 Å². The van der Waals surface area contributed by atoms with E-state index >= 15 is 33.6 Å². The van der Waals surface area contributed by atoms with E-state index in [1.165, 1.54) is 76.7 Å². The number of aromatic hydroxyl groups is 2. The highest BCUT2D eigenvalue weighted by atomic mass is 32.2. The molecule has 35 nitrogen and oxygen atoms in total. The second-order valence-corrected chi connectivity index (χ2v) is 33.7. The summed E-state index contributed by atoms with van der Waals surface area (Å²) in [4.78, 5) is 241. The molecule has 15 amide bonds. The summed E-state index contributed by atoms with van der Waals surface area (Å²) in [5, 5.41) is 58.3. The number of nitrogens with zero attached hydrogens (tertiary/aromatic N) is 4. The zero-order valence-electron chi connectivity index (χ0n) is 73.1. The van der Waals surface area contributed by atoms with Crippen molar-refractivity contribution in [3.05, 3.63) is 203 Å². The zero-order chi connectivity index (χ0) is 93.4. The van der Waals surface area contributed by atoms with E-state index in [0.29, 0.717) is 57.1 Å². The van der Waals surface area contributed by atoms with Gasteiger partial charge in [0, 0.05) is 89.6 Å². The van der Waals surface area contributed by atoms with Gasteiger partial charge in [-0.1, -0.05) is 181 Å². The molecule has 1 aromatic heterocycles. The number of nitrogens with two attached hydrogens (primary N) is 1. The summed E-state index contributed by atoms with van der Waals surface area (Å²) in [6.45, 7) is 6.16. The molecule has 8 rings (SSSR count). The van der Waals surface area contributed by atoms with Crippen LogP contribution in [0.15, 0.2) is 170 Å². The van der Waals surface area contributed by atoms with Gasteiger partial charge in [-0.2, -0.15) is 0 Å². The number of hydrogen-bond acceptors (Lipinski definition) is 19. The zero-order valence-corrected chi connectivity index (χ0v) is 73.9. The van der Waals surface area contributed by atoms with Crippen molar-refractivity contribution in [3.8, 4) is 11.5 Å². The lowest BCUT2D eigenvalue weighted by Gasteiger charge is -2.34. The number of H-pyrrole nitrogens is 1. The van der Waals surface area contributed by atoms with Crippen LogP contribution in [0.1, 0.15) is 100 Å². The second kappa shape index (κ2) is 48.7. The maximum absolute atomic E-state index is 15.4. The number of nitrogens with one attached hydrogen (secondary N) is 11. The van der Waals surface area contributed by atoms with E-state index in [9.17, 15) is 58.5 Å². The molecule has 0 bridgehead atoms. The monoisotopic (exact) mass is 1780 g/mol. The molecule has 16 N–H and O–H groups in total. The smallest absolute Gasteiger partial charge is 0.305 e. The van der Waals surface area contributed by atoms with Crippen LogP contribution in [0.3, 0.4) is 0 Å². The number of fused-ring (bicyclic) bond motifs is 1. The Bertz CT molecular complexity index is 5030. The van der Waals surface area contributed by atoms with Crippen molar-refractivity contribution >= 4 is 117 Å². The van der Waals surface area contributed by atoms with E-state index < -0.39 is 199 Å². The number of likely N-dealkylation sites (N-methyl/N-ethyl adjacent to an activating group) is 4. The Morgan fingerprint density at radius 2 is 0.891 bits per heavy atom. The highest BCUT2D eigenvalue weighted by Crippen LogP contribution is 2.24. The highest BCUT2D eigenvalue weighted by molar-refractivity contribution is 8.00. The molecule has 684 valence electrons. The number of aliphatic carboxylic acids is 1. The molecule has 1 saturated heterocycles. The molecular weight excluding hydrogens is 1670 g/mol. The quantitative estimate of drug-likeness (QED) is 0.0435. The molecule has 0 radical (unpaired) electrons. The fourth-order valence-corrected chi connectivity index (χ4v) is 15.5. The average molecular weight is 1780 g/mol. The van der Waals surface area contributed by atoms with Crippen molar-refractivity contribution in [2.24, 2.45) is 17.6 Å². The van der Waals surface area contributed by atoms with Gasteiger partial charge in [-0.3, -0.25) is 76.7 Å². The van der Waals surface area contributed by atoms with E-state index in [1.54, 1.807) is 149 Å². The molecule has 36 heteroatoms. The summed E-state index contributed by atoms with van der Waals surface area (Å²) in [5.74, 6) is -17.6. The molecular formula is C92H116N16O19S. The highest BCUT2D eigenvalue weighted by Gasteiger charge is 2.41. The third-order valence-electron chi connectivity index (χ3n) is 21.6. The predicted octanol–water partition coefficient (Wildman–Crippen LogP) is 1.98. The van der Waals surface area contributed by atoms with Crippen molar-refractivity contribution in [2.75, 3.05) is 59.3 Å². The molecule has 1 fully saturated rings. The van der Waals surface area contributed by atoms with Crippen molar-refractivity contribution in [1.82, 2.24) is 77.8 Å². The lowest BCUT2D eigenvalue weighted by molar-refractivity contribution is -0.147. The predicted molar refractivity (Wildman–Crippen MR) is 477 cm³/mol. The van der Waals surface area contributed by atoms with Crippen LogP contribution in [0, 0.1) is 11.8 Å². The van der Waals surface area contributed by atoms with Crippen molar-refractivity contribution in [3.63, 3.8) is 0 Å². The van der Waals surface area contributed by atoms with E-state index in [0.717, 1.165) is 31.4 Å². The first-order chi connectivity index (χ1) is 60.9. The van der Waals surface area contributed by atoms with E-state index in [4.69, 9.17) is 5.73 Å².